The molecular formula is C27H39N5O4. The van der Waals surface area contributed by atoms with Crippen molar-refractivity contribution in [2.75, 3.05) is 45.7 Å². The lowest BCUT2D eigenvalue weighted by Gasteiger charge is -2.36. The van der Waals surface area contributed by atoms with Crippen LogP contribution in [0.2, 0.25) is 0 Å². The number of amides is 3. The second-order valence-electron chi connectivity index (χ2n) is 9.47. The molecule has 2 aromatic rings. The number of nitrogens with zero attached hydrogens (tertiary/aromatic N) is 3. The third-order valence-corrected chi connectivity index (χ3v) is 6.50. The smallest absolute Gasteiger partial charge is 0.319 e. The molecule has 2 N–H and O–H groups in total. The van der Waals surface area contributed by atoms with Gasteiger partial charge in [0.15, 0.2) is 0 Å². The fourth-order valence-corrected chi connectivity index (χ4v) is 4.28. The first-order valence-corrected chi connectivity index (χ1v) is 12.5. The number of ether oxygens (including phenoxy) is 2. The number of nitrogens with one attached hydrogen (secondary N) is 2. The molecular weight excluding hydrogens is 458 g/mol. The first kappa shape index (κ1) is 27.4. The van der Waals surface area contributed by atoms with Gasteiger partial charge in [0.2, 0.25) is 0 Å². The first-order chi connectivity index (χ1) is 17.3. The van der Waals surface area contributed by atoms with E-state index in [4.69, 9.17) is 9.47 Å². The van der Waals surface area contributed by atoms with Gasteiger partial charge < -0.3 is 25.0 Å². The van der Waals surface area contributed by atoms with Gasteiger partial charge in [-0.05, 0) is 49.1 Å². The molecule has 1 aromatic heterocycles. The fraction of sp³-hybridized carbons (Fsp3) is 0.519. The highest BCUT2D eigenvalue weighted by Gasteiger charge is 2.28. The number of anilines is 1. The summed E-state index contributed by atoms with van der Waals surface area (Å²) in [5.41, 5.74) is 2.19. The summed E-state index contributed by atoms with van der Waals surface area (Å²) in [6.07, 6.45) is 4.32. The van der Waals surface area contributed by atoms with E-state index in [2.05, 4.69) is 34.4 Å². The minimum atomic E-state index is -0.290. The SMILES string of the molecule is CCCNC(=O)Nc1ccc2c(c1)OC[C@@H](C)N(Cc1ccncc1)C[C@@H](C)[C@@H](OC)CN(C)C2=O. The Balaban J connectivity index is 1.90. The van der Waals surface area contributed by atoms with Gasteiger partial charge in [0.25, 0.3) is 5.91 Å². The number of benzene rings is 1. The minimum absolute atomic E-state index is 0.0581. The summed E-state index contributed by atoms with van der Waals surface area (Å²) in [7, 11) is 3.47. The van der Waals surface area contributed by atoms with E-state index < -0.39 is 0 Å². The van der Waals surface area contributed by atoms with Crippen molar-refractivity contribution in [2.24, 2.45) is 5.92 Å². The van der Waals surface area contributed by atoms with Crippen LogP contribution < -0.4 is 15.4 Å². The zero-order chi connectivity index (χ0) is 26.1. The Labute approximate surface area is 214 Å². The molecule has 0 unspecified atom stereocenters. The van der Waals surface area contributed by atoms with E-state index in [1.54, 1.807) is 49.7 Å². The van der Waals surface area contributed by atoms with Gasteiger partial charge in [-0.15, -0.1) is 0 Å². The molecule has 0 spiro atoms. The maximum Gasteiger partial charge on any atom is 0.319 e. The summed E-state index contributed by atoms with van der Waals surface area (Å²) >= 11 is 0. The van der Waals surface area contributed by atoms with Crippen LogP contribution >= 0.6 is 0 Å². The molecule has 3 amide bonds. The van der Waals surface area contributed by atoms with Gasteiger partial charge in [-0.3, -0.25) is 14.7 Å². The van der Waals surface area contributed by atoms with Crippen LogP contribution in [0.4, 0.5) is 10.5 Å². The quantitative estimate of drug-likeness (QED) is 0.633. The second kappa shape index (κ2) is 13.2. The minimum Gasteiger partial charge on any atom is -0.491 e. The van der Waals surface area contributed by atoms with Crippen LogP contribution in [-0.2, 0) is 11.3 Å². The van der Waals surface area contributed by atoms with Crippen LogP contribution in [0.15, 0.2) is 42.7 Å². The number of rotatable bonds is 6. The maximum atomic E-state index is 13.4. The number of fused-ring (bicyclic) bond motifs is 1. The molecule has 0 bridgehead atoms. The largest absolute Gasteiger partial charge is 0.491 e. The van der Waals surface area contributed by atoms with Gasteiger partial charge in [0, 0.05) is 70.5 Å². The molecule has 0 saturated carbocycles. The van der Waals surface area contributed by atoms with Crippen LogP contribution in [0.25, 0.3) is 0 Å². The molecule has 0 aliphatic carbocycles. The summed E-state index contributed by atoms with van der Waals surface area (Å²) in [4.78, 5) is 33.7. The number of urea groups is 1. The van der Waals surface area contributed by atoms with Crippen molar-refractivity contribution < 1.29 is 19.1 Å². The molecule has 1 aliphatic heterocycles. The standard InChI is InChI=1S/C27H39N5O4/c1-6-11-29-27(34)30-22-7-8-23-24(14-22)36-18-20(3)32(16-21-9-12-28-13-10-21)15-19(2)25(35-5)17-31(4)26(23)33/h7-10,12-14,19-20,25H,6,11,15-18H2,1-5H3,(H2,29,30,34)/t19-,20-,25+/m1/s1. The van der Waals surface area contributed by atoms with E-state index in [-0.39, 0.29) is 30.0 Å². The number of likely N-dealkylation sites (N-methyl/N-ethyl adjacent to an activating group) is 1. The Morgan fingerprint density at radius 3 is 2.64 bits per heavy atom. The molecule has 0 saturated heterocycles. The Kier molecular flexibility index (Phi) is 10.1. The van der Waals surface area contributed by atoms with Crippen molar-refractivity contribution in [1.29, 1.82) is 0 Å². The van der Waals surface area contributed by atoms with Crippen molar-refractivity contribution in [2.45, 2.75) is 45.9 Å². The topological polar surface area (TPSA) is 96.0 Å². The van der Waals surface area contributed by atoms with E-state index in [1.807, 2.05) is 19.1 Å². The highest BCUT2D eigenvalue weighted by Crippen LogP contribution is 2.27. The lowest BCUT2D eigenvalue weighted by molar-refractivity contribution is 0.00921. The third-order valence-electron chi connectivity index (χ3n) is 6.50. The average Bonchev–Trinajstić information content (AvgIpc) is 2.88. The molecule has 3 atom stereocenters. The van der Waals surface area contributed by atoms with Crippen LogP contribution in [0.3, 0.4) is 0 Å². The summed E-state index contributed by atoms with van der Waals surface area (Å²) in [5.74, 6) is 0.475. The van der Waals surface area contributed by atoms with Crippen molar-refractivity contribution in [3.63, 3.8) is 0 Å². The lowest BCUT2D eigenvalue weighted by atomic mass is 10.0. The molecule has 1 aliphatic rings. The fourth-order valence-electron chi connectivity index (χ4n) is 4.28. The number of carbonyl (C=O) groups is 2. The number of aromatic nitrogens is 1. The number of methoxy groups -OCH3 is 1. The Hall–Kier alpha value is -3.17. The van der Waals surface area contributed by atoms with E-state index in [0.717, 1.165) is 19.5 Å². The highest BCUT2D eigenvalue weighted by molar-refractivity contribution is 5.98. The molecule has 9 nitrogen and oxygen atoms in total. The molecule has 9 heteroatoms. The summed E-state index contributed by atoms with van der Waals surface area (Å²) in [6, 6.07) is 8.96. The predicted molar refractivity (Wildman–Crippen MR) is 140 cm³/mol. The Morgan fingerprint density at radius 2 is 1.94 bits per heavy atom. The number of hydrogen-bond acceptors (Lipinski definition) is 6. The Morgan fingerprint density at radius 1 is 1.19 bits per heavy atom. The van der Waals surface area contributed by atoms with E-state index >= 15 is 0 Å². The molecule has 0 fully saturated rings. The average molecular weight is 498 g/mol. The van der Waals surface area contributed by atoms with E-state index in [0.29, 0.717) is 36.7 Å². The number of pyridine rings is 1. The molecule has 3 rings (SSSR count). The van der Waals surface area contributed by atoms with Gasteiger partial charge in [-0.25, -0.2) is 4.79 Å². The van der Waals surface area contributed by atoms with Gasteiger partial charge in [0.05, 0.1) is 11.7 Å². The highest BCUT2D eigenvalue weighted by atomic mass is 16.5. The number of carbonyl (C=O) groups excluding carboxylic acids is 2. The lowest BCUT2D eigenvalue weighted by Crippen LogP contribution is -2.46. The predicted octanol–water partition coefficient (Wildman–Crippen LogP) is 3.62. The van der Waals surface area contributed by atoms with Gasteiger partial charge in [-0.2, -0.15) is 0 Å². The summed E-state index contributed by atoms with van der Waals surface area (Å²) in [5, 5.41) is 5.62. The zero-order valence-corrected chi connectivity index (χ0v) is 22.0. The molecule has 0 radical (unpaired) electrons. The second-order valence-corrected chi connectivity index (χ2v) is 9.47. The van der Waals surface area contributed by atoms with Crippen molar-refractivity contribution in [3.8, 4) is 5.75 Å². The van der Waals surface area contributed by atoms with Crippen LogP contribution in [0.1, 0.15) is 43.1 Å². The first-order valence-electron chi connectivity index (χ1n) is 12.5. The van der Waals surface area contributed by atoms with Crippen LogP contribution in [0, 0.1) is 5.92 Å². The Bertz CT molecular complexity index is 1000. The number of hydrogen-bond donors (Lipinski definition) is 2. The van der Waals surface area contributed by atoms with E-state index in [9.17, 15) is 9.59 Å². The monoisotopic (exact) mass is 497 g/mol. The van der Waals surface area contributed by atoms with Gasteiger partial charge in [0.1, 0.15) is 12.4 Å². The molecule has 36 heavy (non-hydrogen) atoms. The maximum absolute atomic E-state index is 13.4. The van der Waals surface area contributed by atoms with E-state index in [1.165, 1.54) is 5.56 Å². The molecule has 196 valence electrons. The zero-order valence-electron chi connectivity index (χ0n) is 22.0. The third kappa shape index (κ3) is 7.41. The van der Waals surface area contributed by atoms with Crippen molar-refractivity contribution in [3.05, 3.63) is 53.9 Å². The van der Waals surface area contributed by atoms with Gasteiger partial charge in [-0.1, -0.05) is 13.8 Å². The van der Waals surface area contributed by atoms with Crippen molar-refractivity contribution >= 4 is 17.6 Å². The normalized spacial score (nSPS) is 21.5. The molecule has 2 heterocycles. The van der Waals surface area contributed by atoms with Crippen LogP contribution in [-0.4, -0.2) is 79.3 Å². The van der Waals surface area contributed by atoms with Gasteiger partial charge >= 0.3 is 6.03 Å². The van der Waals surface area contributed by atoms with Crippen LogP contribution in [0.5, 0.6) is 5.75 Å². The summed E-state index contributed by atoms with van der Waals surface area (Å²) in [6.45, 7) is 9.20. The summed E-state index contributed by atoms with van der Waals surface area (Å²) < 4.78 is 12.1. The van der Waals surface area contributed by atoms with Crippen molar-refractivity contribution in [1.82, 2.24) is 20.1 Å². The molecule has 1 aromatic carbocycles.